The lowest BCUT2D eigenvalue weighted by molar-refractivity contribution is -0.384. The molecule has 2 bridgehead atoms. The van der Waals surface area contributed by atoms with Gasteiger partial charge in [0, 0.05) is 29.2 Å². The van der Waals surface area contributed by atoms with E-state index in [1.54, 1.807) is 12.1 Å². The molecule has 4 unspecified atom stereocenters. The van der Waals surface area contributed by atoms with Gasteiger partial charge in [-0.05, 0) is 55.6 Å². The maximum Gasteiger partial charge on any atom is 0.270 e. The van der Waals surface area contributed by atoms with E-state index < -0.39 is 0 Å². The van der Waals surface area contributed by atoms with E-state index in [0.29, 0.717) is 6.04 Å². The summed E-state index contributed by atoms with van der Waals surface area (Å²) >= 11 is 3.44. The fourth-order valence-corrected chi connectivity index (χ4v) is 4.63. The highest BCUT2D eigenvalue weighted by molar-refractivity contribution is 9.10. The van der Waals surface area contributed by atoms with Gasteiger partial charge in [-0.2, -0.15) is 0 Å². The number of non-ortho nitro benzene ring substituents is 1. The van der Waals surface area contributed by atoms with Crippen molar-refractivity contribution in [2.24, 2.45) is 17.8 Å². The van der Waals surface area contributed by atoms with Gasteiger partial charge in [-0.15, -0.1) is 0 Å². The van der Waals surface area contributed by atoms with Crippen LogP contribution in [0.1, 0.15) is 38.2 Å². The van der Waals surface area contributed by atoms with Crippen LogP contribution >= 0.6 is 15.9 Å². The first-order valence-electron chi connectivity index (χ1n) is 7.71. The van der Waals surface area contributed by atoms with E-state index in [1.165, 1.54) is 25.7 Å². The molecule has 0 aromatic heterocycles. The van der Waals surface area contributed by atoms with Gasteiger partial charge in [-0.3, -0.25) is 10.1 Å². The number of nitro groups is 1. The molecule has 2 aliphatic rings. The molecule has 114 valence electrons. The smallest absolute Gasteiger partial charge is 0.270 e. The number of nitrogens with zero attached hydrogens (tertiary/aromatic N) is 1. The maximum atomic E-state index is 10.7. The standard InChI is InChI=1S/C16H21BrN2O2/c1-10(15-7-11-2-3-12(15)6-11)18-9-13-4-5-14(19(20)21)8-16(13)17/h4-5,8,10-12,15,18H,2-3,6-7,9H2,1H3. The number of nitrogens with one attached hydrogen (secondary N) is 1. The summed E-state index contributed by atoms with van der Waals surface area (Å²) in [6, 6.07) is 5.51. The lowest BCUT2D eigenvalue weighted by atomic mass is 9.84. The van der Waals surface area contributed by atoms with Crippen molar-refractivity contribution in [3.05, 3.63) is 38.3 Å². The van der Waals surface area contributed by atoms with E-state index in [1.807, 2.05) is 6.07 Å². The van der Waals surface area contributed by atoms with Crippen LogP contribution < -0.4 is 5.32 Å². The van der Waals surface area contributed by atoms with Gasteiger partial charge in [0.05, 0.1) is 4.92 Å². The largest absolute Gasteiger partial charge is 0.310 e. The number of fused-ring (bicyclic) bond motifs is 2. The molecular formula is C16H21BrN2O2. The third-order valence-corrected chi connectivity index (χ3v) is 6.04. The molecule has 1 aromatic carbocycles. The van der Waals surface area contributed by atoms with Crippen LogP contribution in [0.3, 0.4) is 0 Å². The Labute approximate surface area is 133 Å². The molecule has 4 nitrogen and oxygen atoms in total. The summed E-state index contributed by atoms with van der Waals surface area (Å²) < 4.78 is 0.810. The molecule has 2 saturated carbocycles. The Balaban J connectivity index is 1.58. The minimum Gasteiger partial charge on any atom is -0.310 e. The molecule has 5 heteroatoms. The van der Waals surface area contributed by atoms with Gasteiger partial charge in [0.1, 0.15) is 0 Å². The number of halogens is 1. The molecule has 0 radical (unpaired) electrons. The van der Waals surface area contributed by atoms with E-state index >= 15 is 0 Å². The fraction of sp³-hybridized carbons (Fsp3) is 0.625. The summed E-state index contributed by atoms with van der Waals surface area (Å²) in [6.07, 6.45) is 5.64. The predicted octanol–water partition coefficient (Wildman–Crippen LogP) is 4.27. The zero-order chi connectivity index (χ0) is 15.0. The van der Waals surface area contributed by atoms with Gasteiger partial charge in [0.2, 0.25) is 0 Å². The Bertz CT molecular complexity index is 549. The number of hydrogen-bond acceptors (Lipinski definition) is 3. The van der Waals surface area contributed by atoms with Gasteiger partial charge in [0.15, 0.2) is 0 Å². The van der Waals surface area contributed by atoms with E-state index in [4.69, 9.17) is 0 Å². The third-order valence-electron chi connectivity index (χ3n) is 5.30. The zero-order valence-electron chi connectivity index (χ0n) is 12.2. The highest BCUT2D eigenvalue weighted by Crippen LogP contribution is 2.49. The van der Waals surface area contributed by atoms with Gasteiger partial charge in [-0.1, -0.05) is 22.4 Å². The lowest BCUT2D eigenvalue weighted by Gasteiger charge is -2.28. The van der Waals surface area contributed by atoms with Crippen molar-refractivity contribution in [3.8, 4) is 0 Å². The van der Waals surface area contributed by atoms with Crippen molar-refractivity contribution in [2.75, 3.05) is 0 Å². The average molecular weight is 353 g/mol. The van der Waals surface area contributed by atoms with Crippen LogP contribution in [-0.2, 0) is 6.54 Å². The molecule has 1 aromatic rings. The maximum absolute atomic E-state index is 10.7. The molecule has 0 aliphatic heterocycles. The van der Waals surface area contributed by atoms with Crippen molar-refractivity contribution in [1.29, 1.82) is 0 Å². The molecular weight excluding hydrogens is 332 g/mol. The SMILES string of the molecule is CC(NCc1ccc([N+](=O)[O-])cc1Br)C1CC2CCC1C2. The summed E-state index contributed by atoms with van der Waals surface area (Å²) in [7, 11) is 0. The van der Waals surface area contributed by atoms with Crippen LogP contribution in [0.25, 0.3) is 0 Å². The van der Waals surface area contributed by atoms with E-state index in [-0.39, 0.29) is 10.6 Å². The van der Waals surface area contributed by atoms with Crippen molar-refractivity contribution < 1.29 is 4.92 Å². The minimum absolute atomic E-state index is 0.131. The normalized spacial score (nSPS) is 28.8. The van der Waals surface area contributed by atoms with Crippen LogP contribution in [0.4, 0.5) is 5.69 Å². The second-order valence-electron chi connectivity index (χ2n) is 6.54. The zero-order valence-corrected chi connectivity index (χ0v) is 13.8. The molecule has 0 amide bonds. The van der Waals surface area contributed by atoms with Crippen LogP contribution in [0.5, 0.6) is 0 Å². The van der Waals surface area contributed by atoms with E-state index in [2.05, 4.69) is 28.2 Å². The molecule has 0 spiro atoms. The molecule has 2 fully saturated rings. The highest BCUT2D eigenvalue weighted by atomic mass is 79.9. The summed E-state index contributed by atoms with van der Waals surface area (Å²) in [4.78, 5) is 10.4. The Kier molecular flexibility index (Phi) is 4.31. The summed E-state index contributed by atoms with van der Waals surface area (Å²) in [5.41, 5.74) is 1.21. The molecule has 0 heterocycles. The molecule has 0 saturated heterocycles. The van der Waals surface area contributed by atoms with Gasteiger partial charge in [0.25, 0.3) is 5.69 Å². The topological polar surface area (TPSA) is 55.2 Å². The van der Waals surface area contributed by atoms with Gasteiger partial charge >= 0.3 is 0 Å². The molecule has 2 aliphatic carbocycles. The van der Waals surface area contributed by atoms with E-state index in [9.17, 15) is 10.1 Å². The molecule has 1 N–H and O–H groups in total. The first-order chi connectivity index (χ1) is 10.0. The Morgan fingerprint density at radius 3 is 2.81 bits per heavy atom. The van der Waals surface area contributed by atoms with Crippen LogP contribution in [0.2, 0.25) is 0 Å². The van der Waals surface area contributed by atoms with Crippen LogP contribution in [0, 0.1) is 27.9 Å². The summed E-state index contributed by atoms with van der Waals surface area (Å²) in [6.45, 7) is 3.04. The number of rotatable bonds is 5. The second-order valence-corrected chi connectivity index (χ2v) is 7.40. The lowest BCUT2D eigenvalue weighted by Crippen LogP contribution is -2.35. The van der Waals surface area contributed by atoms with Crippen molar-refractivity contribution in [2.45, 2.75) is 45.2 Å². The molecule has 21 heavy (non-hydrogen) atoms. The number of benzene rings is 1. The van der Waals surface area contributed by atoms with Crippen LogP contribution in [0.15, 0.2) is 22.7 Å². The van der Waals surface area contributed by atoms with Crippen LogP contribution in [-0.4, -0.2) is 11.0 Å². The first kappa shape index (κ1) is 15.0. The van der Waals surface area contributed by atoms with Gasteiger partial charge < -0.3 is 5.32 Å². The minimum atomic E-state index is -0.361. The average Bonchev–Trinajstić information content (AvgIpc) is 3.08. The molecule has 4 atom stereocenters. The van der Waals surface area contributed by atoms with E-state index in [0.717, 1.165) is 34.3 Å². The quantitative estimate of drug-likeness (QED) is 0.635. The molecule has 3 rings (SSSR count). The number of hydrogen-bond donors (Lipinski definition) is 1. The predicted molar refractivity (Wildman–Crippen MR) is 86.0 cm³/mol. The first-order valence-corrected chi connectivity index (χ1v) is 8.50. The highest BCUT2D eigenvalue weighted by Gasteiger charge is 2.41. The monoisotopic (exact) mass is 352 g/mol. The second kappa shape index (κ2) is 6.05. The number of nitro benzene ring substituents is 1. The third kappa shape index (κ3) is 3.14. The van der Waals surface area contributed by atoms with Gasteiger partial charge in [-0.25, -0.2) is 0 Å². The fourth-order valence-electron chi connectivity index (χ4n) is 4.12. The Morgan fingerprint density at radius 1 is 1.43 bits per heavy atom. The Morgan fingerprint density at radius 2 is 2.24 bits per heavy atom. The van der Waals surface area contributed by atoms with Crippen molar-refractivity contribution in [1.82, 2.24) is 5.32 Å². The summed E-state index contributed by atoms with van der Waals surface area (Å²) in [5, 5.41) is 14.4. The Hall–Kier alpha value is -0.940. The summed E-state index contributed by atoms with van der Waals surface area (Å²) in [5.74, 6) is 2.69. The van der Waals surface area contributed by atoms with Crippen molar-refractivity contribution in [3.63, 3.8) is 0 Å². The van der Waals surface area contributed by atoms with Crippen molar-refractivity contribution >= 4 is 21.6 Å².